The third kappa shape index (κ3) is 3.67. The lowest BCUT2D eigenvalue weighted by molar-refractivity contribution is -0.384. The summed E-state index contributed by atoms with van der Waals surface area (Å²) in [5, 5.41) is 22.9. The molecule has 2 N–H and O–H groups in total. The number of carbonyl (C=O) groups is 1. The van der Waals surface area contributed by atoms with Gasteiger partial charge in [0.15, 0.2) is 0 Å². The highest BCUT2D eigenvalue weighted by Crippen LogP contribution is 2.24. The molecule has 0 radical (unpaired) electrons. The van der Waals surface area contributed by atoms with Crippen LogP contribution in [0.3, 0.4) is 0 Å². The molecule has 0 aliphatic heterocycles. The van der Waals surface area contributed by atoms with Crippen molar-refractivity contribution in [2.75, 3.05) is 5.32 Å². The van der Waals surface area contributed by atoms with Crippen LogP contribution in [0, 0.1) is 16.0 Å². The number of nitro benzene ring substituents is 1. The molecule has 6 nitrogen and oxygen atoms in total. The van der Waals surface area contributed by atoms with Crippen LogP contribution in [0.5, 0.6) is 0 Å². The van der Waals surface area contributed by atoms with Crippen LogP contribution < -0.4 is 5.32 Å². The van der Waals surface area contributed by atoms with E-state index in [-0.39, 0.29) is 17.3 Å². The Bertz CT molecular complexity index is 488. The van der Waals surface area contributed by atoms with E-state index in [1.54, 1.807) is 0 Å². The quantitative estimate of drug-likeness (QED) is 0.609. The minimum absolute atomic E-state index is 0.0793. The van der Waals surface area contributed by atoms with Crippen LogP contribution in [0.2, 0.25) is 0 Å². The Labute approximate surface area is 111 Å². The minimum atomic E-state index is -1.18. The maximum absolute atomic E-state index is 11.2. The predicted molar refractivity (Wildman–Crippen MR) is 72.6 cm³/mol. The lowest BCUT2D eigenvalue weighted by Crippen LogP contribution is -2.24. The van der Waals surface area contributed by atoms with Crippen molar-refractivity contribution < 1.29 is 14.8 Å². The molecule has 104 valence electrons. The van der Waals surface area contributed by atoms with Gasteiger partial charge in [0.25, 0.3) is 5.69 Å². The van der Waals surface area contributed by atoms with Gasteiger partial charge in [0.2, 0.25) is 0 Å². The number of rotatable bonds is 6. The van der Waals surface area contributed by atoms with E-state index in [0.717, 1.165) is 12.5 Å². The van der Waals surface area contributed by atoms with Crippen molar-refractivity contribution in [2.24, 2.45) is 5.92 Å². The molecule has 0 aromatic heterocycles. The molecule has 0 heterocycles. The molecule has 19 heavy (non-hydrogen) atoms. The van der Waals surface area contributed by atoms with Crippen molar-refractivity contribution in [1.29, 1.82) is 0 Å². The standard InChI is InChI=1S/C13H18N2O4/c1-4-8(2)9(3)14-12-6-5-10(15(18)19)7-11(12)13(16)17/h5-9,14H,4H2,1-3H3,(H,16,17). The predicted octanol–water partition coefficient (Wildman–Crippen LogP) is 3.14. The molecular weight excluding hydrogens is 248 g/mol. The maximum Gasteiger partial charge on any atom is 0.338 e. The van der Waals surface area contributed by atoms with Crippen LogP contribution in [-0.4, -0.2) is 22.0 Å². The number of nitrogens with one attached hydrogen (secondary N) is 1. The van der Waals surface area contributed by atoms with Crippen molar-refractivity contribution in [1.82, 2.24) is 0 Å². The summed E-state index contributed by atoms with van der Waals surface area (Å²) in [6, 6.07) is 3.91. The first-order valence-corrected chi connectivity index (χ1v) is 6.15. The fourth-order valence-electron chi connectivity index (χ4n) is 1.69. The number of nitrogens with zero attached hydrogens (tertiary/aromatic N) is 1. The van der Waals surface area contributed by atoms with Crippen molar-refractivity contribution >= 4 is 17.3 Å². The van der Waals surface area contributed by atoms with Gasteiger partial charge in [-0.25, -0.2) is 4.79 Å². The molecule has 0 bridgehead atoms. The SMILES string of the molecule is CCC(C)C(C)Nc1ccc([N+](=O)[O-])cc1C(=O)O. The van der Waals surface area contributed by atoms with Crippen LogP contribution in [0.15, 0.2) is 18.2 Å². The Morgan fingerprint density at radius 2 is 2.11 bits per heavy atom. The number of anilines is 1. The van der Waals surface area contributed by atoms with Crippen molar-refractivity contribution in [3.8, 4) is 0 Å². The molecule has 2 unspecified atom stereocenters. The van der Waals surface area contributed by atoms with Gasteiger partial charge in [0.1, 0.15) is 0 Å². The highest BCUT2D eigenvalue weighted by Gasteiger charge is 2.18. The van der Waals surface area contributed by atoms with Crippen LogP contribution in [-0.2, 0) is 0 Å². The number of aromatic carboxylic acids is 1. The molecule has 6 heteroatoms. The molecule has 0 aliphatic rings. The summed E-state index contributed by atoms with van der Waals surface area (Å²) in [5.41, 5.74) is 0.106. The van der Waals surface area contributed by atoms with E-state index in [1.807, 2.05) is 6.92 Å². The maximum atomic E-state index is 11.2. The zero-order valence-electron chi connectivity index (χ0n) is 11.2. The summed E-state index contributed by atoms with van der Waals surface area (Å²) in [7, 11) is 0. The summed E-state index contributed by atoms with van der Waals surface area (Å²) in [4.78, 5) is 21.2. The number of hydrogen-bond acceptors (Lipinski definition) is 4. The highest BCUT2D eigenvalue weighted by molar-refractivity contribution is 5.95. The van der Waals surface area contributed by atoms with E-state index in [9.17, 15) is 14.9 Å². The van der Waals surface area contributed by atoms with Gasteiger partial charge in [-0.15, -0.1) is 0 Å². The molecule has 0 spiro atoms. The second-order valence-corrected chi connectivity index (χ2v) is 4.61. The monoisotopic (exact) mass is 266 g/mol. The molecular formula is C13H18N2O4. The molecule has 1 aromatic rings. The smallest absolute Gasteiger partial charge is 0.338 e. The van der Waals surface area contributed by atoms with E-state index in [0.29, 0.717) is 11.6 Å². The number of benzene rings is 1. The van der Waals surface area contributed by atoms with Crippen LogP contribution >= 0.6 is 0 Å². The first-order chi connectivity index (χ1) is 8.86. The van der Waals surface area contributed by atoms with E-state index >= 15 is 0 Å². The van der Waals surface area contributed by atoms with Gasteiger partial charge in [-0.2, -0.15) is 0 Å². The molecule has 0 saturated heterocycles. The number of nitro groups is 1. The van der Waals surface area contributed by atoms with Crippen molar-refractivity contribution in [3.05, 3.63) is 33.9 Å². The topological polar surface area (TPSA) is 92.5 Å². The number of non-ortho nitro benzene ring substituents is 1. The Hall–Kier alpha value is -2.11. The summed E-state index contributed by atoms with van der Waals surface area (Å²) in [6.07, 6.45) is 0.962. The van der Waals surface area contributed by atoms with E-state index in [2.05, 4.69) is 19.2 Å². The van der Waals surface area contributed by atoms with Gasteiger partial charge in [-0.1, -0.05) is 20.3 Å². The van der Waals surface area contributed by atoms with Crippen molar-refractivity contribution in [3.63, 3.8) is 0 Å². The Morgan fingerprint density at radius 3 is 2.58 bits per heavy atom. The first-order valence-electron chi connectivity index (χ1n) is 6.15. The lowest BCUT2D eigenvalue weighted by Gasteiger charge is -2.22. The normalized spacial score (nSPS) is 13.6. The Balaban J connectivity index is 3.07. The van der Waals surface area contributed by atoms with E-state index < -0.39 is 10.9 Å². The Morgan fingerprint density at radius 1 is 1.47 bits per heavy atom. The third-order valence-electron chi connectivity index (χ3n) is 3.33. The van der Waals surface area contributed by atoms with E-state index in [1.165, 1.54) is 12.1 Å². The fraction of sp³-hybridized carbons (Fsp3) is 0.462. The van der Waals surface area contributed by atoms with Gasteiger partial charge in [0.05, 0.1) is 10.5 Å². The second-order valence-electron chi connectivity index (χ2n) is 4.61. The second kappa shape index (κ2) is 6.17. The van der Waals surface area contributed by atoms with E-state index in [4.69, 9.17) is 5.11 Å². The van der Waals surface area contributed by atoms with Gasteiger partial charge in [-0.3, -0.25) is 10.1 Å². The van der Waals surface area contributed by atoms with Crippen molar-refractivity contribution in [2.45, 2.75) is 33.2 Å². The van der Waals surface area contributed by atoms with Gasteiger partial charge < -0.3 is 10.4 Å². The molecule has 1 aromatic carbocycles. The fourth-order valence-corrected chi connectivity index (χ4v) is 1.69. The largest absolute Gasteiger partial charge is 0.478 e. The summed E-state index contributed by atoms with van der Waals surface area (Å²) in [6.45, 7) is 6.07. The molecule has 2 atom stereocenters. The summed E-state index contributed by atoms with van der Waals surface area (Å²) >= 11 is 0. The number of carboxylic acid groups (broad SMARTS) is 1. The molecule has 0 saturated carbocycles. The first kappa shape index (κ1) is 14.9. The summed E-state index contributed by atoms with van der Waals surface area (Å²) in [5.74, 6) is -0.806. The summed E-state index contributed by atoms with van der Waals surface area (Å²) < 4.78 is 0. The molecule has 0 fully saturated rings. The molecule has 0 amide bonds. The van der Waals surface area contributed by atoms with Crippen LogP contribution in [0.4, 0.5) is 11.4 Å². The highest BCUT2D eigenvalue weighted by atomic mass is 16.6. The molecule has 0 aliphatic carbocycles. The number of hydrogen-bond donors (Lipinski definition) is 2. The Kier molecular flexibility index (Phi) is 4.86. The number of carboxylic acids is 1. The average molecular weight is 266 g/mol. The zero-order valence-corrected chi connectivity index (χ0v) is 11.2. The third-order valence-corrected chi connectivity index (χ3v) is 3.33. The van der Waals surface area contributed by atoms with Gasteiger partial charge in [-0.05, 0) is 18.9 Å². The van der Waals surface area contributed by atoms with Gasteiger partial charge in [0, 0.05) is 23.9 Å². The van der Waals surface area contributed by atoms with Crippen LogP contribution in [0.25, 0.3) is 0 Å². The van der Waals surface area contributed by atoms with Gasteiger partial charge >= 0.3 is 5.97 Å². The zero-order chi connectivity index (χ0) is 14.6. The lowest BCUT2D eigenvalue weighted by atomic mass is 10.00. The minimum Gasteiger partial charge on any atom is -0.478 e. The molecule has 1 rings (SSSR count). The van der Waals surface area contributed by atoms with Crippen LogP contribution in [0.1, 0.15) is 37.6 Å². The average Bonchev–Trinajstić information content (AvgIpc) is 2.37.